The fourth-order valence-electron chi connectivity index (χ4n) is 2.56. The smallest absolute Gasteiger partial charge is 0.0914 e. The van der Waals surface area contributed by atoms with Crippen LogP contribution < -0.4 is 5.73 Å². The first-order valence-corrected chi connectivity index (χ1v) is 6.77. The van der Waals surface area contributed by atoms with Crippen molar-refractivity contribution in [3.8, 4) is 0 Å². The van der Waals surface area contributed by atoms with Crippen LogP contribution in [0.25, 0.3) is 0 Å². The molecule has 1 fully saturated rings. The number of aromatic nitrogens is 2. The first kappa shape index (κ1) is 13.6. The normalized spacial score (nSPS) is 22.0. The number of ether oxygens (including phenoxy) is 1. The molecule has 0 radical (unpaired) electrons. The van der Waals surface area contributed by atoms with Gasteiger partial charge in [0.15, 0.2) is 0 Å². The quantitative estimate of drug-likeness (QED) is 0.893. The van der Waals surface area contributed by atoms with E-state index >= 15 is 0 Å². The molecule has 2 rings (SSSR count). The topological polar surface area (TPSA) is 53.1 Å². The molecular weight excluding hydrogens is 226 g/mol. The Morgan fingerprint density at radius 3 is 2.50 bits per heavy atom. The zero-order valence-electron chi connectivity index (χ0n) is 11.8. The lowest BCUT2D eigenvalue weighted by Gasteiger charge is -2.42. The van der Waals surface area contributed by atoms with Crippen LogP contribution in [0.1, 0.15) is 45.2 Å². The number of rotatable bonds is 4. The third-order valence-corrected chi connectivity index (χ3v) is 4.18. The van der Waals surface area contributed by atoms with Crippen molar-refractivity contribution in [3.63, 3.8) is 0 Å². The summed E-state index contributed by atoms with van der Waals surface area (Å²) in [7, 11) is 1.92. The maximum Gasteiger partial charge on any atom is 0.0914 e. The molecule has 0 unspecified atom stereocenters. The Labute approximate surface area is 110 Å². The molecule has 0 bridgehead atoms. The Morgan fingerprint density at radius 2 is 2.00 bits per heavy atom. The maximum atomic E-state index is 6.11. The van der Waals surface area contributed by atoms with E-state index in [1.165, 1.54) is 12.8 Å². The van der Waals surface area contributed by atoms with Crippen molar-refractivity contribution in [1.29, 1.82) is 0 Å². The van der Waals surface area contributed by atoms with Gasteiger partial charge in [-0.2, -0.15) is 5.10 Å². The third kappa shape index (κ3) is 3.12. The van der Waals surface area contributed by atoms with Crippen molar-refractivity contribution in [2.24, 2.45) is 18.2 Å². The Morgan fingerprint density at radius 1 is 1.33 bits per heavy atom. The van der Waals surface area contributed by atoms with Gasteiger partial charge in [-0.05, 0) is 37.2 Å². The highest BCUT2D eigenvalue weighted by Gasteiger charge is 2.38. The van der Waals surface area contributed by atoms with Crippen LogP contribution in [0.2, 0.25) is 0 Å². The number of nitrogens with zero attached hydrogens (tertiary/aromatic N) is 2. The van der Waals surface area contributed by atoms with Crippen molar-refractivity contribution in [2.75, 3.05) is 6.54 Å². The van der Waals surface area contributed by atoms with E-state index in [0.29, 0.717) is 18.6 Å². The lowest BCUT2D eigenvalue weighted by molar-refractivity contribution is -0.0914. The molecule has 0 aliphatic heterocycles. The van der Waals surface area contributed by atoms with E-state index in [2.05, 4.69) is 18.9 Å². The van der Waals surface area contributed by atoms with Crippen molar-refractivity contribution in [2.45, 2.75) is 51.7 Å². The molecule has 1 aromatic rings. The van der Waals surface area contributed by atoms with Crippen molar-refractivity contribution in [3.05, 3.63) is 18.0 Å². The van der Waals surface area contributed by atoms with Crippen LogP contribution in [-0.4, -0.2) is 21.9 Å². The molecule has 0 atom stereocenters. The van der Waals surface area contributed by atoms with E-state index < -0.39 is 0 Å². The molecule has 1 aliphatic rings. The fourth-order valence-corrected chi connectivity index (χ4v) is 2.56. The number of nitrogens with two attached hydrogens (primary N) is 1. The van der Waals surface area contributed by atoms with Gasteiger partial charge >= 0.3 is 0 Å². The SMILES string of the molecule is Cn1ccc(COC2(CN)CCC(C)(C)CC2)n1. The number of aryl methyl sites for hydroxylation is 1. The van der Waals surface area contributed by atoms with Gasteiger partial charge in [-0.3, -0.25) is 4.68 Å². The van der Waals surface area contributed by atoms with Gasteiger partial charge in [-0.15, -0.1) is 0 Å². The van der Waals surface area contributed by atoms with E-state index in [9.17, 15) is 0 Å². The van der Waals surface area contributed by atoms with Crippen molar-refractivity contribution < 1.29 is 4.74 Å². The van der Waals surface area contributed by atoms with E-state index in [1.807, 2.05) is 19.3 Å². The molecular formula is C14H25N3O. The van der Waals surface area contributed by atoms with Crippen LogP contribution in [0.3, 0.4) is 0 Å². The van der Waals surface area contributed by atoms with Gasteiger partial charge < -0.3 is 10.5 Å². The zero-order valence-corrected chi connectivity index (χ0v) is 11.8. The predicted molar refractivity (Wildman–Crippen MR) is 72.0 cm³/mol. The minimum atomic E-state index is -0.132. The van der Waals surface area contributed by atoms with Gasteiger partial charge in [0.25, 0.3) is 0 Å². The largest absolute Gasteiger partial charge is 0.367 e. The summed E-state index contributed by atoms with van der Waals surface area (Å²) in [6, 6.07) is 2.00. The summed E-state index contributed by atoms with van der Waals surface area (Å²) >= 11 is 0. The molecule has 0 amide bonds. The fraction of sp³-hybridized carbons (Fsp3) is 0.786. The minimum absolute atomic E-state index is 0.132. The second kappa shape index (κ2) is 5.02. The zero-order chi connectivity index (χ0) is 13.2. The van der Waals surface area contributed by atoms with Crippen molar-refractivity contribution >= 4 is 0 Å². The Balaban J connectivity index is 1.93. The lowest BCUT2D eigenvalue weighted by Crippen LogP contribution is -2.45. The maximum absolute atomic E-state index is 6.11. The van der Waals surface area contributed by atoms with Gasteiger partial charge in [0, 0.05) is 19.8 Å². The van der Waals surface area contributed by atoms with Crippen LogP contribution in [0, 0.1) is 5.41 Å². The molecule has 4 nitrogen and oxygen atoms in total. The van der Waals surface area contributed by atoms with E-state index in [4.69, 9.17) is 10.5 Å². The van der Waals surface area contributed by atoms with Gasteiger partial charge in [-0.1, -0.05) is 13.8 Å². The van der Waals surface area contributed by atoms with E-state index in [1.54, 1.807) is 4.68 Å². The van der Waals surface area contributed by atoms with Gasteiger partial charge in [0.05, 0.1) is 17.9 Å². The Bertz CT molecular complexity index is 387. The summed E-state index contributed by atoms with van der Waals surface area (Å²) in [5.41, 5.74) is 7.23. The molecule has 1 saturated carbocycles. The molecule has 1 heterocycles. The first-order chi connectivity index (χ1) is 8.45. The van der Waals surface area contributed by atoms with Crippen LogP contribution >= 0.6 is 0 Å². The number of hydrogen-bond acceptors (Lipinski definition) is 3. The van der Waals surface area contributed by atoms with Crippen LogP contribution in [0.4, 0.5) is 0 Å². The van der Waals surface area contributed by atoms with Crippen molar-refractivity contribution in [1.82, 2.24) is 9.78 Å². The van der Waals surface area contributed by atoms with Crippen LogP contribution in [0.15, 0.2) is 12.3 Å². The summed E-state index contributed by atoms with van der Waals surface area (Å²) in [5, 5.41) is 4.34. The highest BCUT2D eigenvalue weighted by atomic mass is 16.5. The Hall–Kier alpha value is -0.870. The predicted octanol–water partition coefficient (Wildman–Crippen LogP) is 2.23. The highest BCUT2D eigenvalue weighted by molar-refractivity contribution is 4.98. The summed E-state index contributed by atoms with van der Waals surface area (Å²) in [6.07, 6.45) is 6.43. The lowest BCUT2D eigenvalue weighted by atomic mass is 9.71. The molecule has 1 aromatic heterocycles. The molecule has 102 valence electrons. The van der Waals surface area contributed by atoms with Crippen LogP contribution in [-0.2, 0) is 18.4 Å². The van der Waals surface area contributed by atoms with Gasteiger partial charge in [0.1, 0.15) is 0 Å². The standard InChI is InChI=1S/C14H25N3O/c1-13(2)5-7-14(11-15,8-6-13)18-10-12-4-9-17(3)16-12/h4,9H,5-8,10-11,15H2,1-3H3. The summed E-state index contributed by atoms with van der Waals surface area (Å²) in [5.74, 6) is 0. The minimum Gasteiger partial charge on any atom is -0.367 e. The number of hydrogen-bond donors (Lipinski definition) is 1. The summed E-state index contributed by atoms with van der Waals surface area (Å²) < 4.78 is 7.91. The van der Waals surface area contributed by atoms with E-state index in [0.717, 1.165) is 18.5 Å². The molecule has 0 saturated heterocycles. The second-order valence-corrected chi connectivity index (χ2v) is 6.32. The average Bonchev–Trinajstić information content (AvgIpc) is 2.75. The van der Waals surface area contributed by atoms with Crippen LogP contribution in [0.5, 0.6) is 0 Å². The monoisotopic (exact) mass is 251 g/mol. The molecule has 1 aliphatic carbocycles. The highest BCUT2D eigenvalue weighted by Crippen LogP contribution is 2.41. The van der Waals surface area contributed by atoms with Gasteiger partial charge in [-0.25, -0.2) is 0 Å². The average molecular weight is 251 g/mol. The molecule has 0 aromatic carbocycles. The molecule has 0 spiro atoms. The third-order valence-electron chi connectivity index (χ3n) is 4.18. The van der Waals surface area contributed by atoms with Gasteiger partial charge in [0.2, 0.25) is 0 Å². The molecule has 18 heavy (non-hydrogen) atoms. The second-order valence-electron chi connectivity index (χ2n) is 6.32. The Kier molecular flexibility index (Phi) is 3.78. The summed E-state index contributed by atoms with van der Waals surface area (Å²) in [4.78, 5) is 0. The molecule has 4 heteroatoms. The van der Waals surface area contributed by atoms with E-state index in [-0.39, 0.29) is 5.60 Å². The molecule has 2 N–H and O–H groups in total. The first-order valence-electron chi connectivity index (χ1n) is 6.77. The summed E-state index contributed by atoms with van der Waals surface area (Å²) in [6.45, 7) is 5.83.